The predicted molar refractivity (Wildman–Crippen MR) is 221 cm³/mol. The Morgan fingerprint density at radius 1 is 0.544 bits per heavy atom. The molecule has 57 heavy (non-hydrogen) atoms. The second-order valence-electron chi connectivity index (χ2n) is 15.6. The number of esters is 2. The Hall–Kier alpha value is -1.67. The van der Waals surface area contributed by atoms with Gasteiger partial charge in [-0.3, -0.25) is 18.6 Å². The lowest BCUT2D eigenvalue weighted by Gasteiger charge is -2.41. The minimum Gasteiger partial charge on any atom is -0.462 e. The Kier molecular flexibility index (Phi) is 31.9. The van der Waals surface area contributed by atoms with Gasteiger partial charge >= 0.3 is 19.8 Å². The first-order chi connectivity index (χ1) is 27.4. The third-order valence-electron chi connectivity index (χ3n) is 10.3. The van der Waals surface area contributed by atoms with Gasteiger partial charge in [0.05, 0.1) is 6.61 Å². The first-order valence-electron chi connectivity index (χ1n) is 22.1. The van der Waals surface area contributed by atoms with Crippen molar-refractivity contribution in [1.82, 2.24) is 0 Å². The van der Waals surface area contributed by atoms with Gasteiger partial charge in [0.1, 0.15) is 43.2 Å². The highest BCUT2D eigenvalue weighted by Crippen LogP contribution is 2.47. The van der Waals surface area contributed by atoms with Gasteiger partial charge in [-0.25, -0.2) is 4.57 Å². The van der Waals surface area contributed by atoms with E-state index in [1.165, 1.54) is 70.6 Å². The van der Waals surface area contributed by atoms with Crippen LogP contribution in [0.3, 0.4) is 0 Å². The number of unbranched alkanes of at least 4 members (excludes halogenated alkanes) is 20. The summed E-state index contributed by atoms with van der Waals surface area (Å²) in [6.07, 6.45) is 22.4. The SMILES string of the molecule is CCCCCC/C=C\C/C=C\CCCCCCCCCC(=O)OC(COC(=O)CCCCCCCCCCCC)COP(=O)(O)OC1C(O)C(O)C(O)C(O)C1O. The zero-order valence-corrected chi connectivity index (χ0v) is 36.0. The maximum absolute atomic E-state index is 12.8. The molecule has 0 radical (unpaired) electrons. The molecule has 1 aliphatic carbocycles. The topological polar surface area (TPSA) is 210 Å². The second kappa shape index (κ2) is 34.1. The summed E-state index contributed by atoms with van der Waals surface area (Å²) in [6.45, 7) is 3.25. The Morgan fingerprint density at radius 2 is 0.947 bits per heavy atom. The molecule has 0 amide bonds. The molecule has 6 atom stereocenters. The van der Waals surface area contributed by atoms with Gasteiger partial charge in [0.25, 0.3) is 0 Å². The van der Waals surface area contributed by atoms with E-state index in [9.17, 15) is 44.6 Å². The average molecular weight is 835 g/mol. The number of hydrogen-bond acceptors (Lipinski definition) is 12. The lowest BCUT2D eigenvalue weighted by molar-refractivity contribution is -0.220. The summed E-state index contributed by atoms with van der Waals surface area (Å²) in [5, 5.41) is 50.0. The molecule has 0 aromatic heterocycles. The van der Waals surface area contributed by atoms with Gasteiger partial charge < -0.3 is 39.9 Å². The molecule has 0 aromatic rings. The zero-order valence-electron chi connectivity index (χ0n) is 35.1. The Morgan fingerprint density at radius 3 is 1.44 bits per heavy atom. The van der Waals surface area contributed by atoms with Crippen molar-refractivity contribution < 1.29 is 63.1 Å². The van der Waals surface area contributed by atoms with Gasteiger partial charge in [-0.2, -0.15) is 0 Å². The highest BCUT2D eigenvalue weighted by molar-refractivity contribution is 7.47. The molecule has 6 N–H and O–H groups in total. The summed E-state index contributed by atoms with van der Waals surface area (Å²) < 4.78 is 33.4. The van der Waals surface area contributed by atoms with Crippen LogP contribution >= 0.6 is 7.82 Å². The van der Waals surface area contributed by atoms with Crippen LogP contribution in [0.5, 0.6) is 0 Å². The molecule has 334 valence electrons. The summed E-state index contributed by atoms with van der Waals surface area (Å²) in [5.41, 5.74) is 0. The van der Waals surface area contributed by atoms with Crippen molar-refractivity contribution in [1.29, 1.82) is 0 Å². The second-order valence-corrected chi connectivity index (χ2v) is 17.0. The molecule has 0 heterocycles. The molecular formula is C43H79O13P. The number of carbonyl (C=O) groups excluding carboxylic acids is 2. The van der Waals surface area contributed by atoms with Crippen LogP contribution in [-0.4, -0.2) is 98.3 Å². The fourth-order valence-electron chi connectivity index (χ4n) is 6.67. The van der Waals surface area contributed by atoms with Crippen LogP contribution in [0.1, 0.15) is 181 Å². The fraction of sp³-hybridized carbons (Fsp3) is 0.860. The summed E-state index contributed by atoms with van der Waals surface area (Å²) in [7, 11) is -5.11. The highest BCUT2D eigenvalue weighted by atomic mass is 31.2. The average Bonchev–Trinajstić information content (AvgIpc) is 3.19. The van der Waals surface area contributed by atoms with E-state index >= 15 is 0 Å². The number of hydrogen-bond donors (Lipinski definition) is 6. The number of phosphoric ester groups is 1. The summed E-state index contributed by atoms with van der Waals surface area (Å²) in [4.78, 5) is 35.6. The molecule has 1 rings (SSSR count). The molecule has 0 spiro atoms. The quantitative estimate of drug-likeness (QED) is 0.0153. The maximum Gasteiger partial charge on any atom is 0.472 e. The van der Waals surface area contributed by atoms with Crippen LogP contribution in [0.4, 0.5) is 0 Å². The molecule has 1 aliphatic rings. The highest BCUT2D eigenvalue weighted by Gasteiger charge is 2.51. The fourth-order valence-corrected chi connectivity index (χ4v) is 7.64. The van der Waals surface area contributed by atoms with Crippen molar-refractivity contribution in [2.75, 3.05) is 13.2 Å². The minimum atomic E-state index is -5.11. The van der Waals surface area contributed by atoms with Gasteiger partial charge in [0.15, 0.2) is 6.10 Å². The molecule has 6 unspecified atom stereocenters. The summed E-state index contributed by atoms with van der Waals surface area (Å²) >= 11 is 0. The lowest BCUT2D eigenvalue weighted by atomic mass is 9.85. The number of carbonyl (C=O) groups is 2. The smallest absolute Gasteiger partial charge is 0.462 e. The van der Waals surface area contributed by atoms with E-state index in [-0.39, 0.29) is 12.8 Å². The van der Waals surface area contributed by atoms with E-state index in [1.54, 1.807) is 0 Å². The molecule has 0 saturated heterocycles. The standard InChI is InChI=1S/C43H79O13P/c1-3-5-7-9-11-13-15-16-17-18-19-20-21-22-24-26-28-30-32-37(45)55-35(33-53-36(44)31-29-27-25-23-14-12-10-8-6-4-2)34-54-57(51,52)56-43-41(49)39(47)38(46)40(48)42(43)50/h13,15,17-18,35,38-43,46-50H,3-12,14,16,19-34H2,1-2H3,(H,51,52)/b15-13-,18-17-. The van der Waals surface area contributed by atoms with Gasteiger partial charge in [0, 0.05) is 12.8 Å². The molecule has 1 fully saturated rings. The number of allylic oxidation sites excluding steroid dienone is 4. The van der Waals surface area contributed by atoms with Gasteiger partial charge in [-0.05, 0) is 44.9 Å². The van der Waals surface area contributed by atoms with Crippen LogP contribution in [0.25, 0.3) is 0 Å². The maximum atomic E-state index is 12.8. The predicted octanol–water partition coefficient (Wildman–Crippen LogP) is 8.06. The molecule has 0 aliphatic heterocycles. The Balaban J connectivity index is 2.46. The van der Waals surface area contributed by atoms with Crippen LogP contribution in [-0.2, 0) is 32.7 Å². The van der Waals surface area contributed by atoms with E-state index in [4.69, 9.17) is 18.5 Å². The number of aliphatic hydroxyl groups is 5. The van der Waals surface area contributed by atoms with Gasteiger partial charge in [0.2, 0.25) is 0 Å². The van der Waals surface area contributed by atoms with Crippen LogP contribution in [0.2, 0.25) is 0 Å². The van der Waals surface area contributed by atoms with Crippen molar-refractivity contribution in [2.24, 2.45) is 0 Å². The van der Waals surface area contributed by atoms with Crippen molar-refractivity contribution >= 4 is 19.8 Å². The number of phosphoric acid groups is 1. The Bertz CT molecular complexity index is 1100. The zero-order chi connectivity index (χ0) is 42.2. The first-order valence-corrected chi connectivity index (χ1v) is 23.6. The summed E-state index contributed by atoms with van der Waals surface area (Å²) in [6, 6.07) is 0. The van der Waals surface area contributed by atoms with Crippen LogP contribution in [0, 0.1) is 0 Å². The van der Waals surface area contributed by atoms with E-state index in [1.807, 2.05) is 0 Å². The number of ether oxygens (including phenoxy) is 2. The van der Waals surface area contributed by atoms with Gasteiger partial charge in [-0.1, -0.05) is 147 Å². The van der Waals surface area contributed by atoms with Crippen molar-refractivity contribution in [2.45, 2.75) is 224 Å². The van der Waals surface area contributed by atoms with Crippen molar-refractivity contribution in [3.8, 4) is 0 Å². The molecule has 14 heteroatoms. The molecule has 0 bridgehead atoms. The van der Waals surface area contributed by atoms with Crippen molar-refractivity contribution in [3.63, 3.8) is 0 Å². The minimum absolute atomic E-state index is 0.0902. The van der Waals surface area contributed by atoms with E-state index in [0.29, 0.717) is 12.8 Å². The third-order valence-corrected chi connectivity index (χ3v) is 11.3. The molecule has 0 aromatic carbocycles. The summed E-state index contributed by atoms with van der Waals surface area (Å²) in [5.74, 6) is -1.11. The monoisotopic (exact) mass is 835 g/mol. The normalized spacial score (nSPS) is 22.9. The van der Waals surface area contributed by atoms with E-state index < -0.39 is 75.7 Å². The lowest BCUT2D eigenvalue weighted by Crippen LogP contribution is -2.64. The largest absolute Gasteiger partial charge is 0.472 e. The molecular weight excluding hydrogens is 755 g/mol. The molecule has 13 nitrogen and oxygen atoms in total. The Labute approximate surface area is 343 Å². The first kappa shape index (κ1) is 53.3. The number of aliphatic hydroxyl groups excluding tert-OH is 5. The number of rotatable bonds is 36. The van der Waals surface area contributed by atoms with E-state index in [0.717, 1.165) is 70.6 Å². The van der Waals surface area contributed by atoms with Crippen molar-refractivity contribution in [3.05, 3.63) is 24.3 Å². The van der Waals surface area contributed by atoms with Gasteiger partial charge in [-0.15, -0.1) is 0 Å². The van der Waals surface area contributed by atoms with Crippen LogP contribution in [0.15, 0.2) is 24.3 Å². The third kappa shape index (κ3) is 26.9. The van der Waals surface area contributed by atoms with Crippen LogP contribution < -0.4 is 0 Å². The molecule has 1 saturated carbocycles. The van der Waals surface area contributed by atoms with E-state index in [2.05, 4.69) is 38.2 Å².